The first-order valence-corrected chi connectivity index (χ1v) is 25.7. The second-order valence-corrected chi connectivity index (χ2v) is 21.6. The number of carbonyl (C=O) groups is 6. The summed E-state index contributed by atoms with van der Waals surface area (Å²) in [5.41, 5.74) is -0.131. The predicted octanol–water partition coefficient (Wildman–Crippen LogP) is 6.01. The van der Waals surface area contributed by atoms with Crippen molar-refractivity contribution in [1.82, 2.24) is 40.9 Å². The molecule has 4 N–H and O–H groups in total. The molecule has 2 aliphatic heterocycles. The lowest BCUT2D eigenvalue weighted by atomic mass is 9.85. The smallest absolute Gasteiger partial charge is 0.246 e. The number of rotatable bonds is 25. The van der Waals surface area contributed by atoms with Crippen molar-refractivity contribution in [2.24, 2.45) is 10.8 Å². The van der Waals surface area contributed by atoms with E-state index in [1.165, 1.54) is 12.1 Å². The molecule has 6 atom stereocenters. The summed E-state index contributed by atoms with van der Waals surface area (Å²) in [7, 11) is 3.38. The number of halogens is 2. The molecule has 16 heteroatoms. The van der Waals surface area contributed by atoms with Crippen molar-refractivity contribution in [3.05, 3.63) is 71.3 Å². The summed E-state index contributed by atoms with van der Waals surface area (Å²) in [4.78, 5) is 89.6. The summed E-state index contributed by atoms with van der Waals surface area (Å²) in [6, 6.07) is 10.0. The van der Waals surface area contributed by atoms with Crippen molar-refractivity contribution in [1.29, 1.82) is 0 Å². The quantitative estimate of drug-likeness (QED) is 0.0881. The molecule has 2 aromatic rings. The number of nitrogens with zero attached hydrogens (tertiary/aromatic N) is 4. The van der Waals surface area contributed by atoms with Gasteiger partial charge >= 0.3 is 0 Å². The molecule has 0 bridgehead atoms. The van der Waals surface area contributed by atoms with Crippen molar-refractivity contribution in [3.63, 3.8) is 0 Å². The molecule has 70 heavy (non-hydrogen) atoms. The number of amides is 6. The number of benzene rings is 2. The van der Waals surface area contributed by atoms with E-state index in [0.29, 0.717) is 88.7 Å². The van der Waals surface area contributed by atoms with Gasteiger partial charge in [0, 0.05) is 64.2 Å². The van der Waals surface area contributed by atoms with E-state index < -0.39 is 35.0 Å². The molecule has 0 aliphatic carbocycles. The molecule has 2 saturated heterocycles. The number of likely N-dealkylation sites (N-methyl/N-ethyl adjacent to an activating group) is 2. The molecule has 2 aliphatic rings. The van der Waals surface area contributed by atoms with E-state index >= 15 is 0 Å². The van der Waals surface area contributed by atoms with Crippen molar-refractivity contribution in [2.75, 3.05) is 53.4 Å². The zero-order valence-electron chi connectivity index (χ0n) is 43.8. The molecule has 14 nitrogen and oxygen atoms in total. The van der Waals surface area contributed by atoms with Crippen LogP contribution in [0.4, 0.5) is 8.78 Å². The Balaban J connectivity index is 1.40. The molecule has 4 rings (SSSR count). The molecule has 6 amide bonds. The summed E-state index contributed by atoms with van der Waals surface area (Å²) in [5, 5.41) is 11.8. The molecular weight excluding hydrogens is 895 g/mol. The minimum atomic E-state index is -0.773. The number of hydrogen-bond donors (Lipinski definition) is 4. The van der Waals surface area contributed by atoms with Crippen molar-refractivity contribution < 1.29 is 37.5 Å². The van der Waals surface area contributed by atoms with Gasteiger partial charge in [-0.3, -0.25) is 28.8 Å². The van der Waals surface area contributed by atoms with E-state index in [9.17, 15) is 37.5 Å². The molecule has 2 aromatic carbocycles. The highest BCUT2D eigenvalue weighted by Gasteiger charge is 2.42. The molecule has 390 valence electrons. The zero-order chi connectivity index (χ0) is 51.8. The fourth-order valence-electron chi connectivity index (χ4n) is 9.34. The summed E-state index contributed by atoms with van der Waals surface area (Å²) in [6.45, 7) is 17.1. The van der Waals surface area contributed by atoms with Gasteiger partial charge in [0.15, 0.2) is 0 Å². The van der Waals surface area contributed by atoms with Gasteiger partial charge in [-0.1, -0.05) is 90.8 Å². The molecule has 0 aromatic heterocycles. The Kier molecular flexibility index (Phi) is 22.2. The molecule has 0 radical (unpaired) electrons. The van der Waals surface area contributed by atoms with E-state index in [1.807, 2.05) is 41.5 Å². The first kappa shape index (κ1) is 57.6. The third kappa shape index (κ3) is 16.8. The Morgan fingerprint density at radius 3 is 1.29 bits per heavy atom. The molecule has 2 heterocycles. The fraction of sp³-hybridized carbons (Fsp3) is 0.667. The lowest BCUT2D eigenvalue weighted by molar-refractivity contribution is -0.142. The van der Waals surface area contributed by atoms with Gasteiger partial charge in [0.25, 0.3) is 0 Å². The van der Waals surface area contributed by atoms with Crippen molar-refractivity contribution in [2.45, 2.75) is 169 Å². The van der Waals surface area contributed by atoms with Crippen LogP contribution in [0.2, 0.25) is 0 Å². The van der Waals surface area contributed by atoms with Gasteiger partial charge in [-0.2, -0.15) is 0 Å². The van der Waals surface area contributed by atoms with E-state index in [4.69, 9.17) is 0 Å². The van der Waals surface area contributed by atoms with Crippen molar-refractivity contribution >= 4 is 35.4 Å². The number of carbonyl (C=O) groups excluding carboxylic acids is 6. The first-order valence-electron chi connectivity index (χ1n) is 25.7. The van der Waals surface area contributed by atoms with Crippen LogP contribution >= 0.6 is 0 Å². The zero-order valence-corrected chi connectivity index (χ0v) is 43.8. The van der Waals surface area contributed by atoms with E-state index in [1.54, 1.807) is 83.9 Å². The summed E-state index contributed by atoms with van der Waals surface area (Å²) in [6.07, 6.45) is 6.57. The third-order valence-electron chi connectivity index (χ3n) is 14.1. The third-order valence-corrected chi connectivity index (χ3v) is 14.1. The number of likely N-dealkylation sites (tertiary alicyclic amines) is 2. The first-order chi connectivity index (χ1) is 33.1. The Morgan fingerprint density at radius 2 is 0.957 bits per heavy atom. The largest absolute Gasteiger partial charge is 0.342 e. The number of nitrogens with one attached hydrogen (secondary N) is 4. The van der Waals surface area contributed by atoms with Crippen LogP contribution < -0.4 is 21.3 Å². The van der Waals surface area contributed by atoms with Gasteiger partial charge < -0.3 is 40.9 Å². The molecule has 0 saturated carbocycles. The topological polar surface area (TPSA) is 163 Å². The standard InChI is InChI=1S/C54H84F2N8O6/c1-37(57-9)49(67)59-47(53(3,4)5)51(69)63-31-19-23-41(63)35-61(33-29-39-21-15-17-25-43(39)55)45(65)27-13-11-12-14-28-46(66)62(34-30-40-22-16-18-26-44(40)56)36-42-24-20-32-64(42)52(70)48(54(6,7)8)60-50(68)38(2)58-10/h15-18,21-22,25-26,37-38,41-42,47-48,57-58H,11-14,19-20,23-24,27-36H2,1-10H3,(H,59,67)(H,60,68)/t37-,38-,41-,42-,47+,48+/m0/s1. The van der Waals surface area contributed by atoms with E-state index in [2.05, 4.69) is 21.3 Å². The van der Waals surface area contributed by atoms with Crippen LogP contribution in [0.1, 0.15) is 131 Å². The molecular formula is C54H84F2N8O6. The maximum Gasteiger partial charge on any atom is 0.246 e. The van der Waals surface area contributed by atoms with Crippen LogP contribution in [-0.2, 0) is 41.6 Å². The predicted molar refractivity (Wildman–Crippen MR) is 270 cm³/mol. The molecule has 0 spiro atoms. The number of hydrogen-bond acceptors (Lipinski definition) is 8. The average molecular weight is 979 g/mol. The second-order valence-electron chi connectivity index (χ2n) is 21.6. The molecule has 2 fully saturated rings. The monoisotopic (exact) mass is 979 g/mol. The highest BCUT2D eigenvalue weighted by molar-refractivity contribution is 5.91. The van der Waals surface area contributed by atoms with Gasteiger partial charge in [0.1, 0.15) is 23.7 Å². The highest BCUT2D eigenvalue weighted by atomic mass is 19.1. The lowest BCUT2D eigenvalue weighted by Gasteiger charge is -2.37. The van der Waals surface area contributed by atoms with Crippen LogP contribution in [-0.4, -0.2) is 145 Å². The van der Waals surface area contributed by atoms with Gasteiger partial charge in [-0.25, -0.2) is 8.78 Å². The summed E-state index contributed by atoms with van der Waals surface area (Å²) >= 11 is 0. The maximum absolute atomic E-state index is 14.8. The second kappa shape index (κ2) is 27.0. The SMILES string of the molecule is CN[C@@H](C)C(=O)N[C@H](C(=O)N1CCC[C@H]1CN(CCc1ccccc1F)C(=O)CCCCCCC(=O)N(CCc1ccccc1F)C[C@@H]1CCCN1C(=O)[C@@H](NC(=O)[C@H](C)NC)C(C)(C)C)C(C)(C)C. The lowest BCUT2D eigenvalue weighted by Crippen LogP contribution is -2.59. The van der Waals surface area contributed by atoms with Gasteiger partial charge in [0.2, 0.25) is 35.4 Å². The molecule has 0 unspecified atom stereocenters. The normalized spacial score (nSPS) is 17.9. The van der Waals surface area contributed by atoms with E-state index in [0.717, 1.165) is 12.8 Å². The Morgan fingerprint density at radius 1 is 0.600 bits per heavy atom. The fourth-order valence-corrected chi connectivity index (χ4v) is 9.34. The van der Waals surface area contributed by atoms with Crippen LogP contribution in [0, 0.1) is 22.5 Å². The van der Waals surface area contributed by atoms with Crippen LogP contribution in [0.15, 0.2) is 48.5 Å². The van der Waals surface area contributed by atoms with Crippen LogP contribution in [0.3, 0.4) is 0 Å². The summed E-state index contributed by atoms with van der Waals surface area (Å²) in [5.74, 6) is -1.76. The van der Waals surface area contributed by atoms with Gasteiger partial charge in [0.05, 0.1) is 12.1 Å². The number of unbranched alkanes of at least 4 members (excludes halogenated alkanes) is 3. The van der Waals surface area contributed by atoms with Gasteiger partial charge in [-0.15, -0.1) is 0 Å². The average Bonchev–Trinajstić information content (AvgIpc) is 3.99. The van der Waals surface area contributed by atoms with Gasteiger partial charge in [-0.05, 0) is 113 Å². The Bertz CT molecular complexity index is 1910. The van der Waals surface area contributed by atoms with E-state index in [-0.39, 0.29) is 85.1 Å². The van der Waals surface area contributed by atoms with Crippen molar-refractivity contribution in [3.8, 4) is 0 Å². The minimum Gasteiger partial charge on any atom is -0.342 e. The van der Waals surface area contributed by atoms with Crippen LogP contribution in [0.5, 0.6) is 0 Å². The van der Waals surface area contributed by atoms with Crippen LogP contribution in [0.25, 0.3) is 0 Å². The summed E-state index contributed by atoms with van der Waals surface area (Å²) < 4.78 is 29.6. The Labute approximate surface area is 416 Å². The Hall–Kier alpha value is -4.96. The minimum absolute atomic E-state index is 0.0879. The highest BCUT2D eigenvalue weighted by Crippen LogP contribution is 2.29. The maximum atomic E-state index is 14.8.